The molecular formula is C42H61N2O5+. The minimum Gasteiger partial charge on any atom is -0.496 e. The predicted octanol–water partition coefficient (Wildman–Crippen LogP) is 10.4. The summed E-state index contributed by atoms with van der Waals surface area (Å²) in [5.74, 6) is 0.786. The maximum atomic E-state index is 13.8. The number of nitrogens with zero attached hydrogens (tertiary/aromatic N) is 2. The normalized spacial score (nSPS) is 11.3. The van der Waals surface area contributed by atoms with E-state index >= 15 is 0 Å². The molecule has 3 aromatic rings. The van der Waals surface area contributed by atoms with Crippen LogP contribution in [0.1, 0.15) is 139 Å². The smallest absolute Gasteiger partial charge is 0.417 e. The zero-order valence-corrected chi connectivity index (χ0v) is 31.1. The van der Waals surface area contributed by atoms with Crippen LogP contribution >= 0.6 is 0 Å². The van der Waals surface area contributed by atoms with Crippen LogP contribution in [0.4, 0.5) is 4.79 Å². The number of hydrogen-bond donors (Lipinski definition) is 0. The van der Waals surface area contributed by atoms with E-state index in [0.717, 1.165) is 40.3 Å². The number of methoxy groups -OCH3 is 1. The fourth-order valence-electron chi connectivity index (χ4n) is 5.96. The molecule has 2 amide bonds. The van der Waals surface area contributed by atoms with Crippen molar-refractivity contribution in [1.82, 2.24) is 4.90 Å². The summed E-state index contributed by atoms with van der Waals surface area (Å²) in [5, 5.41) is 0. The lowest BCUT2D eigenvalue weighted by molar-refractivity contribution is -0.694. The third-order valence-corrected chi connectivity index (χ3v) is 8.90. The van der Waals surface area contributed by atoms with Crippen molar-refractivity contribution in [3.8, 4) is 11.5 Å². The Balaban J connectivity index is 1.58. The summed E-state index contributed by atoms with van der Waals surface area (Å²) < 4.78 is 19.5. The first-order valence-corrected chi connectivity index (χ1v) is 18.5. The monoisotopic (exact) mass is 673 g/mol. The summed E-state index contributed by atoms with van der Waals surface area (Å²) in [6.45, 7) is 12.3. The molecule has 2 aromatic carbocycles. The number of rotatable bonds is 21. The summed E-state index contributed by atoms with van der Waals surface area (Å²) in [5.41, 5.74) is 2.85. The third kappa shape index (κ3) is 13.5. The van der Waals surface area contributed by atoms with Gasteiger partial charge in [-0.1, -0.05) is 117 Å². The third-order valence-electron chi connectivity index (χ3n) is 8.90. The quantitative estimate of drug-likeness (QED) is 0.0831. The predicted molar refractivity (Wildman–Crippen MR) is 197 cm³/mol. The molecule has 7 nitrogen and oxygen atoms in total. The second-order valence-corrected chi connectivity index (χ2v) is 14.0. The molecule has 0 N–H and O–H groups in total. The Morgan fingerprint density at radius 1 is 0.755 bits per heavy atom. The molecule has 0 spiro atoms. The first kappa shape index (κ1) is 39.6. The highest BCUT2D eigenvalue weighted by Crippen LogP contribution is 2.33. The summed E-state index contributed by atoms with van der Waals surface area (Å²) in [7, 11) is 1.51. The molecule has 0 aliphatic carbocycles. The molecule has 0 radical (unpaired) electrons. The van der Waals surface area contributed by atoms with Crippen molar-refractivity contribution in [2.24, 2.45) is 0 Å². The van der Waals surface area contributed by atoms with Gasteiger partial charge in [-0.3, -0.25) is 4.79 Å². The summed E-state index contributed by atoms with van der Waals surface area (Å²) >= 11 is 0. The van der Waals surface area contributed by atoms with E-state index in [1.165, 1.54) is 77.7 Å². The molecule has 1 aromatic heterocycles. The number of aryl methyl sites for hydroxylation is 1. The summed E-state index contributed by atoms with van der Waals surface area (Å²) in [4.78, 5) is 28.5. The fraction of sp³-hybridized carbons (Fsp3) is 0.548. The van der Waals surface area contributed by atoms with Crippen LogP contribution in [0.2, 0.25) is 0 Å². The van der Waals surface area contributed by atoms with Gasteiger partial charge in [0.25, 0.3) is 5.91 Å². The Bertz CT molecular complexity index is 1430. The van der Waals surface area contributed by atoms with Gasteiger partial charge in [0.05, 0.1) is 25.8 Å². The van der Waals surface area contributed by atoms with Crippen molar-refractivity contribution < 1.29 is 28.4 Å². The van der Waals surface area contributed by atoms with Crippen molar-refractivity contribution in [3.05, 3.63) is 89.2 Å². The van der Waals surface area contributed by atoms with Gasteiger partial charge in [-0.05, 0) is 60.2 Å². The molecule has 0 aliphatic rings. The largest absolute Gasteiger partial charge is 0.496 e. The number of unbranched alkanes of at least 4 members (excludes halogenated alkanes) is 11. The van der Waals surface area contributed by atoms with Crippen molar-refractivity contribution in [1.29, 1.82) is 0 Å². The average molecular weight is 674 g/mol. The fourth-order valence-corrected chi connectivity index (χ4v) is 5.96. The van der Waals surface area contributed by atoms with E-state index in [9.17, 15) is 9.59 Å². The molecule has 7 heteroatoms. The number of hydrogen-bond acceptors (Lipinski definition) is 5. The molecule has 1 heterocycles. The van der Waals surface area contributed by atoms with Gasteiger partial charge in [0.1, 0.15) is 24.7 Å². The maximum Gasteiger partial charge on any atom is 0.417 e. The maximum absolute atomic E-state index is 13.8. The van der Waals surface area contributed by atoms with Gasteiger partial charge in [-0.2, -0.15) is 0 Å². The lowest BCUT2D eigenvalue weighted by Crippen LogP contribution is -2.38. The first-order valence-electron chi connectivity index (χ1n) is 18.5. The van der Waals surface area contributed by atoms with Crippen molar-refractivity contribution in [3.63, 3.8) is 0 Å². The molecule has 0 saturated carbocycles. The van der Waals surface area contributed by atoms with Crippen LogP contribution in [0.15, 0.2) is 67.0 Å². The van der Waals surface area contributed by atoms with Gasteiger partial charge in [0.2, 0.25) is 0 Å². The Hall–Kier alpha value is -3.87. The zero-order valence-electron chi connectivity index (χ0n) is 31.1. The highest BCUT2D eigenvalue weighted by atomic mass is 16.6. The Morgan fingerprint density at radius 2 is 1.41 bits per heavy atom. The molecule has 0 bridgehead atoms. The topological polar surface area (TPSA) is 69.0 Å². The standard InChI is InChI=1S/C42H61N2O5/c1-7-9-10-11-12-13-14-15-16-17-18-21-29-48-39-27-26-34(30-37(39)42(3,4)5)33-49-41(46)44(32-35-23-22-28-43(8-2)31-35)40(45)36-24-19-20-25-38(36)47-6/h19-20,22-28,30-31H,7-18,21,29,32-33H2,1-6H3/q+1. The number of aromatic nitrogens is 1. The van der Waals surface area contributed by atoms with Crippen LogP contribution in [0.25, 0.3) is 0 Å². The second kappa shape index (κ2) is 21.3. The molecule has 268 valence electrons. The van der Waals surface area contributed by atoms with E-state index < -0.39 is 12.0 Å². The number of imide groups is 1. The number of carbonyl (C=O) groups is 2. The van der Waals surface area contributed by atoms with Crippen molar-refractivity contribution in [2.75, 3.05) is 13.7 Å². The van der Waals surface area contributed by atoms with E-state index in [-0.39, 0.29) is 18.6 Å². The molecule has 0 atom stereocenters. The van der Waals surface area contributed by atoms with E-state index in [0.29, 0.717) is 17.9 Å². The number of amides is 2. The van der Waals surface area contributed by atoms with Gasteiger partial charge in [0, 0.05) is 11.6 Å². The number of benzene rings is 2. The van der Waals surface area contributed by atoms with Crippen molar-refractivity contribution in [2.45, 2.75) is 137 Å². The van der Waals surface area contributed by atoms with Gasteiger partial charge in [0.15, 0.2) is 12.4 Å². The Labute approximate surface area is 296 Å². The van der Waals surface area contributed by atoms with Gasteiger partial charge in [-0.15, -0.1) is 0 Å². The number of carbonyl (C=O) groups excluding carboxylic acids is 2. The molecule has 0 aliphatic heterocycles. The lowest BCUT2D eigenvalue weighted by Gasteiger charge is -2.24. The zero-order chi connectivity index (χ0) is 35.5. The van der Waals surface area contributed by atoms with Crippen LogP contribution in [0, 0.1) is 0 Å². The number of ether oxygens (including phenoxy) is 3. The average Bonchev–Trinajstić information content (AvgIpc) is 3.11. The van der Waals surface area contributed by atoms with E-state index in [1.807, 2.05) is 48.1 Å². The molecule has 3 rings (SSSR count). The minimum atomic E-state index is -0.715. The molecule has 0 unspecified atom stereocenters. The number of para-hydroxylation sites is 1. The van der Waals surface area contributed by atoms with Gasteiger partial charge in [-0.25, -0.2) is 14.3 Å². The summed E-state index contributed by atoms with van der Waals surface area (Å²) in [6, 6.07) is 16.7. The first-order chi connectivity index (χ1) is 23.7. The lowest BCUT2D eigenvalue weighted by atomic mass is 9.85. The molecule has 0 fully saturated rings. The SMILES string of the molecule is CCCCCCCCCCCCCCOc1ccc(COC(=O)N(Cc2ccc[n+](CC)c2)C(=O)c2ccccc2OC)cc1C(C)(C)C. The van der Waals surface area contributed by atoms with Crippen LogP contribution in [-0.2, 0) is 29.8 Å². The molecule has 0 saturated heterocycles. The van der Waals surface area contributed by atoms with Gasteiger partial charge >= 0.3 is 6.09 Å². The highest BCUT2D eigenvalue weighted by molar-refractivity contribution is 6.04. The Morgan fingerprint density at radius 3 is 2.04 bits per heavy atom. The van der Waals surface area contributed by atoms with Crippen LogP contribution in [0.5, 0.6) is 11.5 Å². The van der Waals surface area contributed by atoms with E-state index in [2.05, 4.69) is 33.8 Å². The second-order valence-electron chi connectivity index (χ2n) is 14.0. The van der Waals surface area contributed by atoms with E-state index in [4.69, 9.17) is 14.2 Å². The van der Waals surface area contributed by atoms with Gasteiger partial charge < -0.3 is 14.2 Å². The summed E-state index contributed by atoms with van der Waals surface area (Å²) in [6.07, 6.45) is 18.9. The van der Waals surface area contributed by atoms with Crippen LogP contribution in [-0.4, -0.2) is 30.6 Å². The molecular weight excluding hydrogens is 612 g/mol. The number of pyridine rings is 1. The highest BCUT2D eigenvalue weighted by Gasteiger charge is 2.28. The molecule has 49 heavy (non-hydrogen) atoms. The van der Waals surface area contributed by atoms with Crippen molar-refractivity contribution >= 4 is 12.0 Å². The van der Waals surface area contributed by atoms with Crippen LogP contribution < -0.4 is 14.0 Å². The van der Waals surface area contributed by atoms with Crippen LogP contribution in [0.3, 0.4) is 0 Å². The van der Waals surface area contributed by atoms with E-state index in [1.54, 1.807) is 24.3 Å². The Kier molecular flexibility index (Phi) is 17.2. The minimum absolute atomic E-state index is 0.0282.